The summed E-state index contributed by atoms with van der Waals surface area (Å²) in [7, 11) is 0. The Morgan fingerprint density at radius 3 is 2.50 bits per heavy atom. The molecule has 2 N–H and O–H groups in total. The van der Waals surface area contributed by atoms with Crippen LogP contribution in [0.15, 0.2) is 0 Å². The largest absolute Gasteiger partial charge is 0.481 e. The highest BCUT2D eigenvalue weighted by Crippen LogP contribution is 2.41. The maximum absolute atomic E-state index is 12.7. The summed E-state index contributed by atoms with van der Waals surface area (Å²) >= 11 is 0. The highest BCUT2D eigenvalue weighted by atomic mass is 19.4. The highest BCUT2D eigenvalue weighted by Gasteiger charge is 2.50. The summed E-state index contributed by atoms with van der Waals surface area (Å²) in [5.41, 5.74) is 0. The van der Waals surface area contributed by atoms with Gasteiger partial charge in [-0.1, -0.05) is 6.92 Å². The van der Waals surface area contributed by atoms with Crippen molar-refractivity contribution in [3.63, 3.8) is 0 Å². The molecular weight excluding hydrogens is 223 g/mol. The van der Waals surface area contributed by atoms with E-state index < -0.39 is 24.0 Å². The van der Waals surface area contributed by atoms with Crippen molar-refractivity contribution in [2.45, 2.75) is 38.4 Å². The third-order valence-electron chi connectivity index (χ3n) is 3.08. The Kier molecular flexibility index (Phi) is 4.18. The van der Waals surface area contributed by atoms with Crippen LogP contribution in [0, 0.1) is 11.8 Å². The van der Waals surface area contributed by atoms with Gasteiger partial charge in [-0.2, -0.15) is 13.2 Å². The number of hydrogen-bond donors (Lipinski definition) is 2. The van der Waals surface area contributed by atoms with Crippen LogP contribution in [-0.2, 0) is 4.79 Å². The summed E-state index contributed by atoms with van der Waals surface area (Å²) in [6, 6.07) is -0.216. The van der Waals surface area contributed by atoms with Crippen molar-refractivity contribution in [3.8, 4) is 0 Å². The topological polar surface area (TPSA) is 49.3 Å². The zero-order valence-corrected chi connectivity index (χ0v) is 9.05. The lowest BCUT2D eigenvalue weighted by Gasteiger charge is -2.35. The van der Waals surface area contributed by atoms with Crippen LogP contribution in [0.2, 0.25) is 0 Å². The molecule has 6 heteroatoms. The molecule has 3 unspecified atom stereocenters. The van der Waals surface area contributed by atoms with E-state index in [4.69, 9.17) is 5.11 Å². The third kappa shape index (κ3) is 3.10. The first-order chi connectivity index (χ1) is 7.36. The van der Waals surface area contributed by atoms with Crippen LogP contribution >= 0.6 is 0 Å². The summed E-state index contributed by atoms with van der Waals surface area (Å²) < 4.78 is 38.0. The lowest BCUT2D eigenvalue weighted by Crippen LogP contribution is -2.45. The van der Waals surface area contributed by atoms with Gasteiger partial charge in [-0.25, -0.2) is 0 Å². The van der Waals surface area contributed by atoms with E-state index in [0.717, 1.165) is 0 Å². The Balaban J connectivity index is 2.74. The van der Waals surface area contributed by atoms with Crippen LogP contribution in [0.1, 0.15) is 26.2 Å². The number of carboxylic acids is 1. The highest BCUT2D eigenvalue weighted by molar-refractivity contribution is 5.70. The zero-order valence-electron chi connectivity index (χ0n) is 9.05. The zero-order chi connectivity index (χ0) is 12.3. The Bertz CT molecular complexity index is 255. The van der Waals surface area contributed by atoms with Gasteiger partial charge in [0.05, 0.1) is 11.8 Å². The number of hydrogen-bond acceptors (Lipinski definition) is 2. The van der Waals surface area contributed by atoms with Gasteiger partial charge in [-0.15, -0.1) is 0 Å². The van der Waals surface area contributed by atoms with Crippen molar-refractivity contribution < 1.29 is 23.1 Å². The van der Waals surface area contributed by atoms with Gasteiger partial charge in [0, 0.05) is 6.04 Å². The molecule has 94 valence electrons. The van der Waals surface area contributed by atoms with Gasteiger partial charge in [0.1, 0.15) is 0 Å². The molecule has 1 rings (SSSR count). The van der Waals surface area contributed by atoms with Crippen LogP contribution in [0.25, 0.3) is 0 Å². The minimum Gasteiger partial charge on any atom is -0.481 e. The van der Waals surface area contributed by atoms with Crippen LogP contribution < -0.4 is 5.32 Å². The van der Waals surface area contributed by atoms with Crippen LogP contribution in [0.4, 0.5) is 13.2 Å². The lowest BCUT2D eigenvalue weighted by molar-refractivity contribution is -0.204. The summed E-state index contributed by atoms with van der Waals surface area (Å²) in [6.07, 6.45) is -3.96. The van der Waals surface area contributed by atoms with Gasteiger partial charge in [-0.05, 0) is 25.8 Å². The van der Waals surface area contributed by atoms with E-state index in [1.807, 2.05) is 6.92 Å². The molecule has 0 spiro atoms. The van der Waals surface area contributed by atoms with Gasteiger partial charge in [0.15, 0.2) is 0 Å². The van der Waals surface area contributed by atoms with E-state index in [1.54, 1.807) is 0 Å². The molecule has 0 aliphatic heterocycles. The standard InChI is InChI=1S/C10H16F3NO2/c1-2-14-6-3-4-7(9(15)16)8(5-6)10(11,12)13/h6-8,14H,2-5H2,1H3,(H,15,16). The fraction of sp³-hybridized carbons (Fsp3) is 0.900. The average molecular weight is 239 g/mol. The number of nitrogens with one attached hydrogen (secondary N) is 1. The molecule has 1 saturated carbocycles. The number of carboxylic acid groups (broad SMARTS) is 1. The molecule has 1 fully saturated rings. The van der Waals surface area contributed by atoms with Crippen LogP contribution in [0.5, 0.6) is 0 Å². The molecule has 0 radical (unpaired) electrons. The van der Waals surface area contributed by atoms with Gasteiger partial charge < -0.3 is 10.4 Å². The summed E-state index contributed by atoms with van der Waals surface area (Å²) in [6.45, 7) is 2.43. The van der Waals surface area contributed by atoms with E-state index in [9.17, 15) is 18.0 Å². The maximum atomic E-state index is 12.7. The van der Waals surface area contributed by atoms with Gasteiger partial charge >= 0.3 is 12.1 Å². The molecule has 0 aromatic heterocycles. The summed E-state index contributed by atoms with van der Waals surface area (Å²) in [5, 5.41) is 11.7. The summed E-state index contributed by atoms with van der Waals surface area (Å²) in [5.74, 6) is -4.34. The van der Waals surface area contributed by atoms with Crippen molar-refractivity contribution in [1.82, 2.24) is 5.32 Å². The number of carbonyl (C=O) groups is 1. The van der Waals surface area contributed by atoms with Crippen LogP contribution in [0.3, 0.4) is 0 Å². The van der Waals surface area contributed by atoms with E-state index >= 15 is 0 Å². The number of rotatable bonds is 3. The smallest absolute Gasteiger partial charge is 0.392 e. The number of halogens is 3. The molecule has 0 bridgehead atoms. The fourth-order valence-electron chi connectivity index (χ4n) is 2.30. The second-order valence-electron chi connectivity index (χ2n) is 4.16. The third-order valence-corrected chi connectivity index (χ3v) is 3.08. The normalized spacial score (nSPS) is 31.4. The minimum absolute atomic E-state index is 0.0944. The van der Waals surface area contributed by atoms with Crippen molar-refractivity contribution in [2.24, 2.45) is 11.8 Å². The molecule has 1 aliphatic carbocycles. The molecule has 3 nitrogen and oxygen atoms in total. The average Bonchev–Trinajstić information content (AvgIpc) is 2.16. The van der Waals surface area contributed by atoms with Crippen molar-refractivity contribution >= 4 is 5.97 Å². The molecule has 0 aromatic carbocycles. The van der Waals surface area contributed by atoms with Gasteiger partial charge in [0.2, 0.25) is 0 Å². The monoisotopic (exact) mass is 239 g/mol. The SMILES string of the molecule is CCNC1CCC(C(=O)O)C(C(F)(F)F)C1. The Labute approximate surface area is 92.0 Å². The molecule has 1 aliphatic rings. The first-order valence-electron chi connectivity index (χ1n) is 5.39. The predicted octanol–water partition coefficient (Wildman–Crippen LogP) is 2.03. The number of aliphatic carboxylic acids is 1. The lowest BCUT2D eigenvalue weighted by atomic mass is 9.76. The fourth-order valence-corrected chi connectivity index (χ4v) is 2.30. The Morgan fingerprint density at radius 2 is 2.06 bits per heavy atom. The molecule has 0 aromatic rings. The quantitative estimate of drug-likeness (QED) is 0.792. The minimum atomic E-state index is -4.42. The second-order valence-corrected chi connectivity index (χ2v) is 4.16. The maximum Gasteiger partial charge on any atom is 0.392 e. The second kappa shape index (κ2) is 5.03. The molecule has 0 saturated heterocycles. The molecule has 16 heavy (non-hydrogen) atoms. The molecular formula is C10H16F3NO2. The van der Waals surface area contributed by atoms with Crippen LogP contribution in [-0.4, -0.2) is 29.8 Å². The molecule has 0 heterocycles. The van der Waals surface area contributed by atoms with E-state index in [1.165, 1.54) is 0 Å². The van der Waals surface area contributed by atoms with E-state index in [0.29, 0.717) is 13.0 Å². The van der Waals surface area contributed by atoms with Crippen molar-refractivity contribution in [3.05, 3.63) is 0 Å². The first-order valence-corrected chi connectivity index (χ1v) is 5.39. The number of alkyl halides is 3. The molecule has 3 atom stereocenters. The van der Waals surface area contributed by atoms with Crippen molar-refractivity contribution in [1.29, 1.82) is 0 Å². The van der Waals surface area contributed by atoms with E-state index in [-0.39, 0.29) is 18.9 Å². The first kappa shape index (κ1) is 13.3. The predicted molar refractivity (Wildman–Crippen MR) is 52.0 cm³/mol. The molecule has 0 amide bonds. The van der Waals surface area contributed by atoms with Gasteiger partial charge in [-0.3, -0.25) is 4.79 Å². The Hall–Kier alpha value is -0.780. The van der Waals surface area contributed by atoms with Gasteiger partial charge in [0.25, 0.3) is 0 Å². The Morgan fingerprint density at radius 1 is 1.44 bits per heavy atom. The van der Waals surface area contributed by atoms with E-state index in [2.05, 4.69) is 5.32 Å². The van der Waals surface area contributed by atoms with Crippen molar-refractivity contribution in [2.75, 3.05) is 6.54 Å². The summed E-state index contributed by atoms with van der Waals surface area (Å²) in [4.78, 5) is 10.8.